The molecule has 0 aromatic carbocycles. The minimum absolute atomic E-state index is 0.421. The zero-order chi connectivity index (χ0) is 12.5. The van der Waals surface area contributed by atoms with Gasteiger partial charge in [-0.1, -0.05) is 6.92 Å². The monoisotopic (exact) mass is 243 g/mol. The number of hydrogen-bond donors (Lipinski definition) is 1. The predicted molar refractivity (Wildman–Crippen MR) is 71.4 cm³/mol. The molecule has 102 valence electrons. The molecule has 1 aliphatic rings. The van der Waals surface area contributed by atoms with Crippen LogP contribution in [-0.2, 0) is 9.47 Å². The van der Waals surface area contributed by atoms with Crippen LogP contribution in [-0.4, -0.2) is 38.5 Å². The highest BCUT2D eigenvalue weighted by Crippen LogP contribution is 2.23. The van der Waals surface area contributed by atoms with Gasteiger partial charge < -0.3 is 14.8 Å². The predicted octanol–water partition coefficient (Wildman–Crippen LogP) is 2.74. The van der Waals surface area contributed by atoms with Gasteiger partial charge in [-0.05, 0) is 52.0 Å². The molecule has 3 atom stereocenters. The van der Waals surface area contributed by atoms with Crippen LogP contribution in [0, 0.1) is 0 Å². The first-order valence-corrected chi connectivity index (χ1v) is 7.14. The molecule has 0 saturated heterocycles. The van der Waals surface area contributed by atoms with Crippen molar-refractivity contribution in [3.8, 4) is 0 Å². The lowest BCUT2D eigenvalue weighted by molar-refractivity contribution is -0.0312. The van der Waals surface area contributed by atoms with Gasteiger partial charge in [0.05, 0.1) is 12.2 Å². The van der Waals surface area contributed by atoms with E-state index in [1.54, 1.807) is 0 Å². The minimum Gasteiger partial charge on any atom is -0.381 e. The van der Waals surface area contributed by atoms with E-state index < -0.39 is 0 Å². The lowest BCUT2D eigenvalue weighted by Gasteiger charge is -2.28. The molecule has 1 aliphatic carbocycles. The average Bonchev–Trinajstić information content (AvgIpc) is 2.36. The van der Waals surface area contributed by atoms with E-state index in [2.05, 4.69) is 19.2 Å². The van der Waals surface area contributed by atoms with Crippen molar-refractivity contribution in [2.24, 2.45) is 0 Å². The molecule has 0 aliphatic heterocycles. The van der Waals surface area contributed by atoms with E-state index in [4.69, 9.17) is 9.47 Å². The number of hydrogen-bond acceptors (Lipinski definition) is 3. The molecule has 3 heteroatoms. The quantitative estimate of drug-likeness (QED) is 0.711. The third-order valence-corrected chi connectivity index (χ3v) is 3.56. The molecule has 3 nitrogen and oxygen atoms in total. The molecule has 1 rings (SSSR count). The number of nitrogens with one attached hydrogen (secondary N) is 1. The smallest absolute Gasteiger partial charge is 0.0599 e. The van der Waals surface area contributed by atoms with Crippen molar-refractivity contribution in [3.05, 3.63) is 0 Å². The third-order valence-electron chi connectivity index (χ3n) is 3.56. The van der Waals surface area contributed by atoms with Gasteiger partial charge in [0.25, 0.3) is 0 Å². The molecule has 0 heterocycles. The molecule has 0 spiro atoms. The normalized spacial score (nSPS) is 27.0. The molecule has 3 unspecified atom stereocenters. The highest BCUT2D eigenvalue weighted by atomic mass is 16.5. The zero-order valence-corrected chi connectivity index (χ0v) is 11.7. The summed E-state index contributed by atoms with van der Waals surface area (Å²) in [7, 11) is 1.81. The number of methoxy groups -OCH3 is 1. The summed E-state index contributed by atoms with van der Waals surface area (Å²) in [6.45, 7) is 6.41. The molecule has 1 fully saturated rings. The molecule has 0 radical (unpaired) electrons. The second kappa shape index (κ2) is 8.90. The Morgan fingerprint density at radius 1 is 1.29 bits per heavy atom. The topological polar surface area (TPSA) is 30.5 Å². The first-order valence-electron chi connectivity index (χ1n) is 7.14. The third kappa shape index (κ3) is 6.39. The van der Waals surface area contributed by atoms with E-state index in [1.165, 1.54) is 25.7 Å². The van der Waals surface area contributed by atoms with Crippen LogP contribution in [0.2, 0.25) is 0 Å². The summed E-state index contributed by atoms with van der Waals surface area (Å²) in [6.07, 6.45) is 7.87. The molecule has 1 N–H and O–H groups in total. The molecule has 0 amide bonds. The maximum atomic E-state index is 5.95. The lowest BCUT2D eigenvalue weighted by atomic mass is 9.95. The summed E-state index contributed by atoms with van der Waals surface area (Å²) in [5.74, 6) is 0. The second-order valence-electron chi connectivity index (χ2n) is 5.16. The van der Waals surface area contributed by atoms with Crippen LogP contribution in [0.3, 0.4) is 0 Å². The van der Waals surface area contributed by atoms with E-state index in [9.17, 15) is 0 Å². The van der Waals surface area contributed by atoms with Crippen molar-refractivity contribution in [1.29, 1.82) is 0 Å². The fourth-order valence-corrected chi connectivity index (χ4v) is 2.37. The van der Waals surface area contributed by atoms with E-state index >= 15 is 0 Å². The van der Waals surface area contributed by atoms with Gasteiger partial charge in [-0.25, -0.2) is 0 Å². The Morgan fingerprint density at radius 2 is 2.06 bits per heavy atom. The maximum Gasteiger partial charge on any atom is 0.0599 e. The Morgan fingerprint density at radius 3 is 2.76 bits per heavy atom. The Bertz CT molecular complexity index is 187. The van der Waals surface area contributed by atoms with Crippen LogP contribution in [0.1, 0.15) is 52.4 Å². The second-order valence-corrected chi connectivity index (χ2v) is 5.16. The Kier molecular flexibility index (Phi) is 7.82. The van der Waals surface area contributed by atoms with Crippen molar-refractivity contribution in [1.82, 2.24) is 5.32 Å². The number of ether oxygens (including phenoxy) is 2. The summed E-state index contributed by atoms with van der Waals surface area (Å²) in [4.78, 5) is 0. The Balaban J connectivity index is 2.05. The largest absolute Gasteiger partial charge is 0.381 e. The van der Waals surface area contributed by atoms with Gasteiger partial charge in [-0.2, -0.15) is 0 Å². The van der Waals surface area contributed by atoms with E-state index in [0.29, 0.717) is 18.2 Å². The van der Waals surface area contributed by atoms with Gasteiger partial charge in [-0.3, -0.25) is 0 Å². The SMILES string of the molecule is CCCNC(C)CCOC1CCCC(OC)C1. The molecule has 0 bridgehead atoms. The van der Waals surface area contributed by atoms with Crippen molar-refractivity contribution in [2.45, 2.75) is 70.6 Å². The summed E-state index contributed by atoms with van der Waals surface area (Å²) in [5.41, 5.74) is 0. The van der Waals surface area contributed by atoms with Crippen LogP contribution in [0.4, 0.5) is 0 Å². The van der Waals surface area contributed by atoms with Crippen LogP contribution in [0.5, 0.6) is 0 Å². The molecule has 1 saturated carbocycles. The van der Waals surface area contributed by atoms with E-state index in [1.807, 2.05) is 7.11 Å². The highest BCUT2D eigenvalue weighted by Gasteiger charge is 2.21. The maximum absolute atomic E-state index is 5.95. The zero-order valence-electron chi connectivity index (χ0n) is 11.7. The fraction of sp³-hybridized carbons (Fsp3) is 1.00. The minimum atomic E-state index is 0.421. The molecule has 0 aromatic heterocycles. The Hall–Kier alpha value is -0.120. The summed E-state index contributed by atoms with van der Waals surface area (Å²) in [6, 6.07) is 0.566. The van der Waals surface area contributed by atoms with Crippen molar-refractivity contribution >= 4 is 0 Å². The van der Waals surface area contributed by atoms with Gasteiger partial charge in [0, 0.05) is 19.8 Å². The summed E-state index contributed by atoms with van der Waals surface area (Å²) in [5, 5.41) is 3.49. The Labute approximate surface area is 106 Å². The number of rotatable bonds is 8. The van der Waals surface area contributed by atoms with Crippen LogP contribution in [0.15, 0.2) is 0 Å². The van der Waals surface area contributed by atoms with Crippen LogP contribution in [0.25, 0.3) is 0 Å². The molecular weight excluding hydrogens is 214 g/mol. The summed E-state index contributed by atoms with van der Waals surface area (Å²) < 4.78 is 11.4. The van der Waals surface area contributed by atoms with Crippen molar-refractivity contribution in [3.63, 3.8) is 0 Å². The van der Waals surface area contributed by atoms with Crippen LogP contribution < -0.4 is 5.32 Å². The van der Waals surface area contributed by atoms with E-state index in [0.717, 1.165) is 26.0 Å². The molecule has 17 heavy (non-hydrogen) atoms. The standard InChI is InChI=1S/C14H29NO2/c1-4-9-15-12(2)8-10-17-14-7-5-6-13(11-14)16-3/h12-15H,4-11H2,1-3H3. The first kappa shape index (κ1) is 14.9. The van der Waals surface area contributed by atoms with Gasteiger partial charge in [0.15, 0.2) is 0 Å². The van der Waals surface area contributed by atoms with Gasteiger partial charge in [-0.15, -0.1) is 0 Å². The van der Waals surface area contributed by atoms with Gasteiger partial charge in [0.1, 0.15) is 0 Å². The lowest BCUT2D eigenvalue weighted by Crippen LogP contribution is -2.31. The van der Waals surface area contributed by atoms with Crippen LogP contribution >= 0.6 is 0 Å². The van der Waals surface area contributed by atoms with E-state index in [-0.39, 0.29) is 0 Å². The molecule has 0 aromatic rings. The van der Waals surface area contributed by atoms with Crippen molar-refractivity contribution in [2.75, 3.05) is 20.3 Å². The van der Waals surface area contributed by atoms with Crippen molar-refractivity contribution < 1.29 is 9.47 Å². The molecular formula is C14H29NO2. The summed E-state index contributed by atoms with van der Waals surface area (Å²) >= 11 is 0. The van der Waals surface area contributed by atoms with Gasteiger partial charge in [0.2, 0.25) is 0 Å². The highest BCUT2D eigenvalue weighted by molar-refractivity contribution is 4.73. The fourth-order valence-electron chi connectivity index (χ4n) is 2.37. The van der Waals surface area contributed by atoms with Gasteiger partial charge >= 0.3 is 0 Å². The first-order chi connectivity index (χ1) is 8.26. The average molecular weight is 243 g/mol.